The van der Waals surface area contributed by atoms with Crippen LogP contribution in [0.15, 0.2) is 30.3 Å². The molecule has 3 heteroatoms. The third kappa shape index (κ3) is 2.85. The summed E-state index contributed by atoms with van der Waals surface area (Å²) in [5, 5.41) is 0. The summed E-state index contributed by atoms with van der Waals surface area (Å²) in [4.78, 5) is 11.2. The van der Waals surface area contributed by atoms with Gasteiger partial charge in [-0.25, -0.2) is 0 Å². The minimum atomic E-state index is -0.265. The molecule has 1 atom stereocenters. The number of aryl methyl sites for hydroxylation is 1. The lowest BCUT2D eigenvalue weighted by Gasteiger charge is -2.01. The topological polar surface area (TPSA) is 38.8 Å². The van der Waals surface area contributed by atoms with Gasteiger partial charge in [0.1, 0.15) is 6.61 Å². The van der Waals surface area contributed by atoms with Gasteiger partial charge in [0.25, 0.3) is 0 Å². The summed E-state index contributed by atoms with van der Waals surface area (Å²) in [5.74, 6) is -0.184. The monoisotopic (exact) mass is 192 g/mol. The molecule has 14 heavy (non-hydrogen) atoms. The number of ether oxygens (including phenoxy) is 2. The molecule has 0 aromatic heterocycles. The molecular formula is C11H12O3. The Morgan fingerprint density at radius 2 is 2.14 bits per heavy atom. The standard InChI is InChI=1S/C11H12O3/c12-10(14-11-8-13-11)7-6-9-4-2-1-3-5-9/h1-5,11H,6-8H2. The molecule has 1 aliphatic rings. The van der Waals surface area contributed by atoms with Crippen LogP contribution in [0.2, 0.25) is 0 Å². The number of esters is 1. The van der Waals surface area contributed by atoms with Crippen LogP contribution >= 0.6 is 0 Å². The van der Waals surface area contributed by atoms with Crippen LogP contribution in [0.3, 0.4) is 0 Å². The van der Waals surface area contributed by atoms with E-state index in [2.05, 4.69) is 0 Å². The van der Waals surface area contributed by atoms with Crippen molar-refractivity contribution in [1.82, 2.24) is 0 Å². The van der Waals surface area contributed by atoms with E-state index in [1.54, 1.807) is 0 Å². The Morgan fingerprint density at radius 3 is 2.79 bits per heavy atom. The second-order valence-corrected chi connectivity index (χ2v) is 3.24. The minimum Gasteiger partial charge on any atom is -0.433 e. The SMILES string of the molecule is O=C(CCc1ccccc1)OC1CO1. The highest BCUT2D eigenvalue weighted by Crippen LogP contribution is 2.12. The van der Waals surface area contributed by atoms with Crippen LogP contribution in [-0.4, -0.2) is 18.9 Å². The van der Waals surface area contributed by atoms with Crippen LogP contribution in [0.5, 0.6) is 0 Å². The van der Waals surface area contributed by atoms with Crippen molar-refractivity contribution < 1.29 is 14.3 Å². The Balaban J connectivity index is 1.73. The Labute approximate surface area is 82.6 Å². The van der Waals surface area contributed by atoms with E-state index in [4.69, 9.17) is 9.47 Å². The summed E-state index contributed by atoms with van der Waals surface area (Å²) >= 11 is 0. The number of hydrogen-bond acceptors (Lipinski definition) is 3. The van der Waals surface area contributed by atoms with Crippen molar-refractivity contribution >= 4 is 5.97 Å². The first-order chi connectivity index (χ1) is 6.84. The summed E-state index contributed by atoms with van der Waals surface area (Å²) in [6.45, 7) is 0.553. The first-order valence-corrected chi connectivity index (χ1v) is 4.69. The molecule has 1 fully saturated rings. The second-order valence-electron chi connectivity index (χ2n) is 3.24. The van der Waals surface area contributed by atoms with E-state index in [0.29, 0.717) is 13.0 Å². The maximum atomic E-state index is 11.2. The van der Waals surface area contributed by atoms with Crippen LogP contribution in [0.25, 0.3) is 0 Å². The van der Waals surface area contributed by atoms with E-state index in [1.165, 1.54) is 0 Å². The molecule has 1 saturated heterocycles. The number of hydrogen-bond donors (Lipinski definition) is 0. The van der Waals surface area contributed by atoms with Crippen LogP contribution in [0.1, 0.15) is 12.0 Å². The molecule has 1 unspecified atom stereocenters. The molecule has 0 aliphatic carbocycles. The van der Waals surface area contributed by atoms with E-state index in [0.717, 1.165) is 12.0 Å². The van der Waals surface area contributed by atoms with Gasteiger partial charge in [-0.05, 0) is 12.0 Å². The number of epoxide rings is 1. The summed E-state index contributed by atoms with van der Waals surface area (Å²) in [6, 6.07) is 9.89. The molecule has 1 aromatic carbocycles. The smallest absolute Gasteiger partial charge is 0.308 e. The zero-order chi connectivity index (χ0) is 9.80. The molecule has 1 aromatic rings. The molecule has 0 bridgehead atoms. The first kappa shape index (κ1) is 9.21. The van der Waals surface area contributed by atoms with Gasteiger partial charge in [0, 0.05) is 6.42 Å². The van der Waals surface area contributed by atoms with Gasteiger partial charge in [-0.2, -0.15) is 0 Å². The molecular weight excluding hydrogens is 180 g/mol. The molecule has 1 aliphatic heterocycles. The van der Waals surface area contributed by atoms with Crippen molar-refractivity contribution in [1.29, 1.82) is 0 Å². The lowest BCUT2D eigenvalue weighted by molar-refractivity contribution is -0.148. The Morgan fingerprint density at radius 1 is 1.43 bits per heavy atom. The second kappa shape index (κ2) is 4.24. The zero-order valence-corrected chi connectivity index (χ0v) is 7.81. The van der Waals surface area contributed by atoms with Crippen molar-refractivity contribution in [2.45, 2.75) is 19.1 Å². The van der Waals surface area contributed by atoms with E-state index >= 15 is 0 Å². The molecule has 74 valence electrons. The highest BCUT2D eigenvalue weighted by Gasteiger charge is 2.26. The predicted molar refractivity (Wildman–Crippen MR) is 50.6 cm³/mol. The van der Waals surface area contributed by atoms with E-state index in [9.17, 15) is 4.79 Å². The van der Waals surface area contributed by atoms with Crippen LogP contribution in [0.4, 0.5) is 0 Å². The molecule has 0 spiro atoms. The van der Waals surface area contributed by atoms with Gasteiger partial charge in [-0.3, -0.25) is 4.79 Å². The van der Waals surface area contributed by atoms with Gasteiger partial charge in [0.15, 0.2) is 0 Å². The number of benzene rings is 1. The molecule has 0 amide bonds. The summed E-state index contributed by atoms with van der Waals surface area (Å²) in [7, 11) is 0. The molecule has 0 N–H and O–H groups in total. The third-order valence-corrected chi connectivity index (χ3v) is 2.03. The van der Waals surface area contributed by atoms with Crippen molar-refractivity contribution in [2.24, 2.45) is 0 Å². The number of carbonyl (C=O) groups excluding carboxylic acids is 1. The zero-order valence-electron chi connectivity index (χ0n) is 7.81. The van der Waals surface area contributed by atoms with Crippen molar-refractivity contribution in [3.8, 4) is 0 Å². The maximum absolute atomic E-state index is 11.2. The maximum Gasteiger partial charge on any atom is 0.308 e. The quantitative estimate of drug-likeness (QED) is 0.536. The lowest BCUT2D eigenvalue weighted by Crippen LogP contribution is -2.07. The van der Waals surface area contributed by atoms with Crippen molar-refractivity contribution in [2.75, 3.05) is 6.61 Å². The van der Waals surface area contributed by atoms with Gasteiger partial charge >= 0.3 is 5.97 Å². The molecule has 3 nitrogen and oxygen atoms in total. The lowest BCUT2D eigenvalue weighted by atomic mass is 10.1. The summed E-state index contributed by atoms with van der Waals surface area (Å²) in [5.41, 5.74) is 1.15. The molecule has 0 radical (unpaired) electrons. The van der Waals surface area contributed by atoms with Crippen LogP contribution in [0, 0.1) is 0 Å². The van der Waals surface area contributed by atoms with Crippen molar-refractivity contribution in [3.05, 3.63) is 35.9 Å². The molecule has 1 heterocycles. The highest BCUT2D eigenvalue weighted by atomic mass is 16.8. The van der Waals surface area contributed by atoms with Crippen LogP contribution in [-0.2, 0) is 20.7 Å². The Bertz CT molecular complexity index is 304. The van der Waals surface area contributed by atoms with Gasteiger partial charge in [-0.15, -0.1) is 0 Å². The van der Waals surface area contributed by atoms with Gasteiger partial charge in [-0.1, -0.05) is 30.3 Å². The largest absolute Gasteiger partial charge is 0.433 e. The van der Waals surface area contributed by atoms with Gasteiger partial charge < -0.3 is 9.47 Å². The summed E-state index contributed by atoms with van der Waals surface area (Å²) in [6.07, 6.45) is 0.884. The average Bonchev–Trinajstić information content (AvgIpc) is 3.00. The number of carbonyl (C=O) groups is 1. The van der Waals surface area contributed by atoms with E-state index in [1.807, 2.05) is 30.3 Å². The fourth-order valence-corrected chi connectivity index (χ4v) is 1.20. The molecule has 2 rings (SSSR count). The average molecular weight is 192 g/mol. The Hall–Kier alpha value is -1.35. The third-order valence-electron chi connectivity index (χ3n) is 2.03. The normalized spacial score (nSPS) is 19.0. The summed E-state index contributed by atoms with van der Waals surface area (Å²) < 4.78 is 9.71. The van der Waals surface area contributed by atoms with Gasteiger partial charge in [0.2, 0.25) is 6.29 Å². The van der Waals surface area contributed by atoms with E-state index in [-0.39, 0.29) is 12.3 Å². The predicted octanol–water partition coefficient (Wildman–Crippen LogP) is 1.52. The highest BCUT2D eigenvalue weighted by molar-refractivity contribution is 5.69. The Kier molecular flexibility index (Phi) is 2.79. The fourth-order valence-electron chi connectivity index (χ4n) is 1.20. The fraction of sp³-hybridized carbons (Fsp3) is 0.364. The van der Waals surface area contributed by atoms with Crippen molar-refractivity contribution in [3.63, 3.8) is 0 Å². The first-order valence-electron chi connectivity index (χ1n) is 4.69. The van der Waals surface area contributed by atoms with Gasteiger partial charge in [0.05, 0.1) is 0 Å². The number of rotatable bonds is 4. The minimum absolute atomic E-state index is 0.184. The molecule has 0 saturated carbocycles. The van der Waals surface area contributed by atoms with Crippen LogP contribution < -0.4 is 0 Å². The van der Waals surface area contributed by atoms with E-state index < -0.39 is 0 Å².